The fourth-order valence-electron chi connectivity index (χ4n) is 2.32. The first-order chi connectivity index (χ1) is 10.2. The molecule has 21 heavy (non-hydrogen) atoms. The predicted molar refractivity (Wildman–Crippen MR) is 78.5 cm³/mol. The summed E-state index contributed by atoms with van der Waals surface area (Å²) in [7, 11) is 0. The van der Waals surface area contributed by atoms with Gasteiger partial charge in [-0.1, -0.05) is 11.2 Å². The quantitative estimate of drug-likeness (QED) is 0.937. The molecule has 1 N–H and O–H groups in total. The fraction of sp³-hybridized carbons (Fsp3) is 0.438. The van der Waals surface area contributed by atoms with E-state index < -0.39 is 0 Å². The first-order valence-electron chi connectivity index (χ1n) is 7.27. The van der Waals surface area contributed by atoms with Crippen LogP contribution in [0.4, 0.5) is 0 Å². The lowest BCUT2D eigenvalue weighted by atomic mass is 10.1. The number of fused-ring (bicyclic) bond motifs is 1. The zero-order valence-electron chi connectivity index (χ0n) is 12.4. The van der Waals surface area contributed by atoms with Gasteiger partial charge in [-0.05, 0) is 31.5 Å². The van der Waals surface area contributed by atoms with Crippen LogP contribution in [0.15, 0.2) is 28.8 Å². The Kier molecular flexibility index (Phi) is 4.10. The van der Waals surface area contributed by atoms with E-state index in [2.05, 4.69) is 23.5 Å². The van der Waals surface area contributed by atoms with Crippen molar-refractivity contribution in [2.24, 2.45) is 0 Å². The van der Waals surface area contributed by atoms with Crippen molar-refractivity contribution in [3.63, 3.8) is 0 Å². The van der Waals surface area contributed by atoms with Crippen molar-refractivity contribution < 1.29 is 14.0 Å². The van der Waals surface area contributed by atoms with Crippen LogP contribution in [-0.2, 0) is 6.54 Å². The molecular weight excluding hydrogens is 268 g/mol. The minimum absolute atomic E-state index is 0.188. The Morgan fingerprint density at radius 1 is 1.19 bits per heavy atom. The topological polar surface area (TPSA) is 56.5 Å². The molecule has 5 heteroatoms. The maximum atomic E-state index is 5.72. The second-order valence-corrected chi connectivity index (χ2v) is 5.29. The van der Waals surface area contributed by atoms with Crippen LogP contribution >= 0.6 is 0 Å². The monoisotopic (exact) mass is 288 g/mol. The molecule has 0 saturated carbocycles. The van der Waals surface area contributed by atoms with Crippen LogP contribution in [0.25, 0.3) is 0 Å². The van der Waals surface area contributed by atoms with Crippen molar-refractivity contribution in [3.05, 3.63) is 41.3 Å². The first-order valence-corrected chi connectivity index (χ1v) is 7.27. The maximum absolute atomic E-state index is 5.72. The number of aryl methyl sites for hydroxylation is 1. The van der Waals surface area contributed by atoms with Gasteiger partial charge in [-0.25, -0.2) is 0 Å². The fourth-order valence-corrected chi connectivity index (χ4v) is 2.32. The summed E-state index contributed by atoms with van der Waals surface area (Å²) in [6, 6.07) is 8.22. The van der Waals surface area contributed by atoms with Gasteiger partial charge in [0.15, 0.2) is 17.3 Å². The molecule has 1 unspecified atom stereocenters. The summed E-state index contributed by atoms with van der Waals surface area (Å²) in [6.07, 6.45) is 0.919. The molecule has 1 aliphatic rings. The molecule has 112 valence electrons. The minimum Gasteiger partial charge on any atom is -0.490 e. The zero-order chi connectivity index (χ0) is 14.7. The molecule has 0 radical (unpaired) electrons. The average Bonchev–Trinajstić information content (AvgIpc) is 2.77. The number of benzene rings is 1. The lowest BCUT2D eigenvalue weighted by molar-refractivity contribution is 0.297. The highest BCUT2D eigenvalue weighted by molar-refractivity contribution is 5.44. The molecule has 1 aromatic heterocycles. The number of nitrogens with zero attached hydrogens (tertiary/aromatic N) is 1. The first kappa shape index (κ1) is 13.9. The molecule has 0 bridgehead atoms. The molecule has 3 rings (SSSR count). The second kappa shape index (κ2) is 6.18. The highest BCUT2D eigenvalue weighted by Crippen LogP contribution is 2.32. The van der Waals surface area contributed by atoms with Gasteiger partial charge in [0.1, 0.15) is 0 Å². The highest BCUT2D eigenvalue weighted by Gasteiger charge is 2.14. The van der Waals surface area contributed by atoms with E-state index in [9.17, 15) is 0 Å². The standard InChI is InChI=1S/C16H20N2O3/c1-11-8-14(21-18-11)10-17-12(2)13-4-5-15-16(9-13)20-7-3-6-19-15/h4-5,8-9,12,17H,3,6-7,10H2,1-2H3. The Hall–Kier alpha value is -2.01. The Balaban J connectivity index is 1.66. The number of hydrogen-bond acceptors (Lipinski definition) is 5. The van der Waals surface area contributed by atoms with Crippen molar-refractivity contribution >= 4 is 0 Å². The summed E-state index contributed by atoms with van der Waals surface area (Å²) in [4.78, 5) is 0. The SMILES string of the molecule is Cc1cc(CNC(C)c2ccc3c(c2)OCCCO3)on1. The van der Waals surface area contributed by atoms with Gasteiger partial charge in [-0.15, -0.1) is 0 Å². The summed E-state index contributed by atoms with van der Waals surface area (Å²) < 4.78 is 16.6. The van der Waals surface area contributed by atoms with Crippen molar-refractivity contribution in [2.75, 3.05) is 13.2 Å². The van der Waals surface area contributed by atoms with Crippen LogP contribution in [0.2, 0.25) is 0 Å². The lowest BCUT2D eigenvalue weighted by Crippen LogP contribution is -2.17. The van der Waals surface area contributed by atoms with Gasteiger partial charge >= 0.3 is 0 Å². The summed E-state index contributed by atoms with van der Waals surface area (Å²) >= 11 is 0. The van der Waals surface area contributed by atoms with Crippen molar-refractivity contribution in [1.82, 2.24) is 10.5 Å². The van der Waals surface area contributed by atoms with Crippen LogP contribution in [0.5, 0.6) is 11.5 Å². The minimum atomic E-state index is 0.188. The molecule has 2 heterocycles. The number of ether oxygens (including phenoxy) is 2. The van der Waals surface area contributed by atoms with E-state index in [-0.39, 0.29) is 6.04 Å². The molecule has 1 aliphatic heterocycles. The third-order valence-corrected chi connectivity index (χ3v) is 3.53. The van der Waals surface area contributed by atoms with Crippen LogP contribution < -0.4 is 14.8 Å². The van der Waals surface area contributed by atoms with E-state index in [0.717, 1.165) is 34.9 Å². The van der Waals surface area contributed by atoms with Crippen molar-refractivity contribution in [2.45, 2.75) is 32.9 Å². The van der Waals surface area contributed by atoms with Crippen LogP contribution in [0.3, 0.4) is 0 Å². The molecule has 0 fully saturated rings. The Morgan fingerprint density at radius 2 is 2.00 bits per heavy atom. The summed E-state index contributed by atoms with van der Waals surface area (Å²) in [6.45, 7) is 6.10. The molecule has 1 atom stereocenters. The van der Waals surface area contributed by atoms with Gasteiger partial charge in [0.2, 0.25) is 0 Å². The number of hydrogen-bond donors (Lipinski definition) is 1. The van der Waals surface area contributed by atoms with E-state index in [1.807, 2.05) is 25.1 Å². The predicted octanol–water partition coefficient (Wildman–Crippen LogP) is 3.00. The molecule has 0 aliphatic carbocycles. The smallest absolute Gasteiger partial charge is 0.161 e. The van der Waals surface area contributed by atoms with E-state index in [1.54, 1.807) is 0 Å². The largest absolute Gasteiger partial charge is 0.490 e. The zero-order valence-corrected chi connectivity index (χ0v) is 12.4. The molecule has 0 saturated heterocycles. The molecule has 5 nitrogen and oxygen atoms in total. The lowest BCUT2D eigenvalue weighted by Gasteiger charge is -2.15. The van der Waals surface area contributed by atoms with Crippen LogP contribution in [0.1, 0.15) is 36.4 Å². The van der Waals surface area contributed by atoms with Gasteiger partial charge in [-0.3, -0.25) is 0 Å². The molecular formula is C16H20N2O3. The number of rotatable bonds is 4. The van der Waals surface area contributed by atoms with E-state index >= 15 is 0 Å². The summed E-state index contributed by atoms with van der Waals surface area (Å²) in [5.41, 5.74) is 2.06. The molecule has 2 aromatic rings. The van der Waals surface area contributed by atoms with E-state index in [1.165, 1.54) is 0 Å². The number of nitrogens with one attached hydrogen (secondary N) is 1. The van der Waals surface area contributed by atoms with Gasteiger partial charge in [0.05, 0.1) is 25.5 Å². The summed E-state index contributed by atoms with van der Waals surface area (Å²) in [5.74, 6) is 2.50. The highest BCUT2D eigenvalue weighted by atomic mass is 16.5. The van der Waals surface area contributed by atoms with Crippen LogP contribution in [-0.4, -0.2) is 18.4 Å². The molecule has 0 spiro atoms. The van der Waals surface area contributed by atoms with Crippen LogP contribution in [0, 0.1) is 6.92 Å². The van der Waals surface area contributed by atoms with Gasteiger partial charge in [-0.2, -0.15) is 0 Å². The van der Waals surface area contributed by atoms with Gasteiger partial charge in [0, 0.05) is 18.5 Å². The molecule has 0 amide bonds. The van der Waals surface area contributed by atoms with Gasteiger partial charge < -0.3 is 19.3 Å². The summed E-state index contributed by atoms with van der Waals surface area (Å²) in [5, 5.41) is 7.30. The Labute approximate surface area is 124 Å². The average molecular weight is 288 g/mol. The molecule has 1 aromatic carbocycles. The Morgan fingerprint density at radius 3 is 2.76 bits per heavy atom. The van der Waals surface area contributed by atoms with Crippen molar-refractivity contribution in [1.29, 1.82) is 0 Å². The normalized spacial score (nSPS) is 15.5. The van der Waals surface area contributed by atoms with Crippen molar-refractivity contribution in [3.8, 4) is 11.5 Å². The Bertz CT molecular complexity index is 609. The van der Waals surface area contributed by atoms with E-state index in [0.29, 0.717) is 19.8 Å². The van der Waals surface area contributed by atoms with E-state index in [4.69, 9.17) is 14.0 Å². The number of aromatic nitrogens is 1. The third kappa shape index (κ3) is 3.36. The third-order valence-electron chi connectivity index (χ3n) is 3.53. The maximum Gasteiger partial charge on any atom is 0.161 e. The van der Waals surface area contributed by atoms with Gasteiger partial charge in [0.25, 0.3) is 0 Å². The second-order valence-electron chi connectivity index (χ2n) is 5.29.